The van der Waals surface area contributed by atoms with Crippen LogP contribution in [0.5, 0.6) is 5.75 Å². The SMILES string of the molecule is CCOC(=O)C1=NN(c2ccc(Cl)cc2)[C@H]2C(=O)N(c3ccc(OC)cc3)C(=O)[C@H]12. The van der Waals surface area contributed by atoms with Crippen LogP contribution in [0.1, 0.15) is 6.92 Å². The highest BCUT2D eigenvalue weighted by atomic mass is 35.5. The lowest BCUT2D eigenvalue weighted by atomic mass is 9.98. The van der Waals surface area contributed by atoms with Crippen molar-refractivity contribution in [2.45, 2.75) is 13.0 Å². The lowest BCUT2D eigenvalue weighted by Crippen LogP contribution is -2.39. The van der Waals surface area contributed by atoms with Crippen LogP contribution in [0.2, 0.25) is 5.02 Å². The highest BCUT2D eigenvalue weighted by molar-refractivity contribution is 6.47. The fourth-order valence-electron chi connectivity index (χ4n) is 3.58. The molecule has 0 aliphatic carbocycles. The Hall–Kier alpha value is -3.39. The van der Waals surface area contributed by atoms with E-state index in [1.54, 1.807) is 55.5 Å². The van der Waals surface area contributed by atoms with Crippen molar-refractivity contribution in [3.8, 4) is 5.75 Å². The van der Waals surface area contributed by atoms with Crippen molar-refractivity contribution >= 4 is 46.5 Å². The Balaban J connectivity index is 1.76. The van der Waals surface area contributed by atoms with E-state index in [-0.39, 0.29) is 12.3 Å². The third kappa shape index (κ3) is 3.19. The average Bonchev–Trinajstić information content (AvgIpc) is 3.26. The van der Waals surface area contributed by atoms with Gasteiger partial charge in [-0.2, -0.15) is 5.10 Å². The van der Waals surface area contributed by atoms with Crippen molar-refractivity contribution in [3.05, 3.63) is 53.6 Å². The Labute approximate surface area is 177 Å². The fraction of sp³-hybridized carbons (Fsp3) is 0.238. The monoisotopic (exact) mass is 427 g/mol. The third-order valence-corrected chi connectivity index (χ3v) is 5.21. The summed E-state index contributed by atoms with van der Waals surface area (Å²) in [6, 6.07) is 12.2. The number of methoxy groups -OCH3 is 1. The Bertz CT molecular complexity index is 1040. The molecule has 0 unspecified atom stereocenters. The standard InChI is InChI=1S/C21H18ClN3O5/c1-3-30-21(28)17-16-18(25(23-17)14-6-4-12(22)5-7-14)20(27)24(19(16)26)13-8-10-15(29-2)11-9-13/h4-11,16,18H,3H2,1-2H3/t16-,18-/m1/s1. The molecular formula is C21H18ClN3O5. The van der Waals surface area contributed by atoms with Crippen molar-refractivity contribution < 1.29 is 23.9 Å². The van der Waals surface area contributed by atoms with E-state index in [0.717, 1.165) is 4.90 Å². The van der Waals surface area contributed by atoms with Crippen molar-refractivity contribution in [3.63, 3.8) is 0 Å². The summed E-state index contributed by atoms with van der Waals surface area (Å²) in [4.78, 5) is 40.1. The van der Waals surface area contributed by atoms with Gasteiger partial charge in [-0.3, -0.25) is 14.6 Å². The number of anilines is 2. The Morgan fingerprint density at radius 2 is 1.67 bits per heavy atom. The largest absolute Gasteiger partial charge is 0.497 e. The zero-order valence-electron chi connectivity index (χ0n) is 16.2. The minimum atomic E-state index is -1.06. The molecule has 0 saturated carbocycles. The lowest BCUT2D eigenvalue weighted by Gasteiger charge is -2.22. The van der Waals surface area contributed by atoms with Crippen LogP contribution in [-0.2, 0) is 19.1 Å². The number of imide groups is 1. The number of amides is 2. The molecule has 2 heterocycles. The summed E-state index contributed by atoms with van der Waals surface area (Å²) in [5, 5.41) is 6.19. The quantitative estimate of drug-likeness (QED) is 0.538. The van der Waals surface area contributed by atoms with E-state index in [1.165, 1.54) is 12.1 Å². The number of fused-ring (bicyclic) bond motifs is 1. The molecule has 0 aromatic heterocycles. The Kier molecular flexibility index (Phi) is 5.17. The molecule has 2 aliphatic rings. The van der Waals surface area contributed by atoms with Gasteiger partial charge < -0.3 is 9.47 Å². The van der Waals surface area contributed by atoms with Gasteiger partial charge in [0.1, 0.15) is 17.7 Å². The number of halogens is 1. The number of rotatable bonds is 5. The van der Waals surface area contributed by atoms with E-state index >= 15 is 0 Å². The molecule has 1 saturated heterocycles. The molecule has 2 aromatic carbocycles. The van der Waals surface area contributed by atoms with Crippen LogP contribution >= 0.6 is 11.6 Å². The van der Waals surface area contributed by atoms with Gasteiger partial charge in [0, 0.05) is 5.02 Å². The molecule has 8 nitrogen and oxygen atoms in total. The first kappa shape index (κ1) is 19.9. The molecular weight excluding hydrogens is 410 g/mol. The molecule has 9 heteroatoms. The van der Waals surface area contributed by atoms with Gasteiger partial charge in [-0.1, -0.05) is 11.6 Å². The summed E-state index contributed by atoms with van der Waals surface area (Å²) in [6.07, 6.45) is 0. The highest BCUT2D eigenvalue weighted by Gasteiger charge is 2.59. The van der Waals surface area contributed by atoms with E-state index in [4.69, 9.17) is 21.1 Å². The maximum absolute atomic E-state index is 13.3. The number of esters is 1. The lowest BCUT2D eigenvalue weighted by molar-refractivity contribution is -0.136. The van der Waals surface area contributed by atoms with Crippen LogP contribution in [0.4, 0.5) is 11.4 Å². The van der Waals surface area contributed by atoms with Gasteiger partial charge in [-0.25, -0.2) is 9.69 Å². The average molecular weight is 428 g/mol. The maximum Gasteiger partial charge on any atom is 0.355 e. The number of hydrogen-bond donors (Lipinski definition) is 0. The number of hydrazone groups is 1. The van der Waals surface area contributed by atoms with Crippen LogP contribution in [0.25, 0.3) is 0 Å². The first-order valence-corrected chi connectivity index (χ1v) is 9.66. The molecule has 0 N–H and O–H groups in total. The minimum absolute atomic E-state index is 0.0915. The first-order chi connectivity index (χ1) is 14.5. The van der Waals surface area contributed by atoms with E-state index in [0.29, 0.717) is 22.1 Å². The van der Waals surface area contributed by atoms with Crippen molar-refractivity contribution in [2.24, 2.45) is 11.0 Å². The van der Waals surface area contributed by atoms with Gasteiger partial charge >= 0.3 is 5.97 Å². The van der Waals surface area contributed by atoms with Gasteiger partial charge in [0.05, 0.1) is 25.1 Å². The van der Waals surface area contributed by atoms with Crippen molar-refractivity contribution in [1.82, 2.24) is 0 Å². The topological polar surface area (TPSA) is 88.5 Å². The predicted octanol–water partition coefficient (Wildman–Crippen LogP) is 2.65. The summed E-state index contributed by atoms with van der Waals surface area (Å²) in [5.41, 5.74) is 0.831. The van der Waals surface area contributed by atoms with Crippen LogP contribution < -0.4 is 14.6 Å². The van der Waals surface area contributed by atoms with Crippen molar-refractivity contribution in [1.29, 1.82) is 0 Å². The fourth-order valence-corrected chi connectivity index (χ4v) is 3.71. The predicted molar refractivity (Wildman–Crippen MR) is 111 cm³/mol. The summed E-state index contributed by atoms with van der Waals surface area (Å²) >= 11 is 5.96. The van der Waals surface area contributed by atoms with Crippen LogP contribution in [-0.4, -0.2) is 43.3 Å². The molecule has 30 heavy (non-hydrogen) atoms. The summed E-state index contributed by atoms with van der Waals surface area (Å²) in [7, 11) is 1.53. The molecule has 1 fully saturated rings. The van der Waals surface area contributed by atoms with Gasteiger partial charge in [0.2, 0.25) is 5.91 Å². The highest BCUT2D eigenvalue weighted by Crippen LogP contribution is 2.38. The minimum Gasteiger partial charge on any atom is -0.497 e. The number of ether oxygens (including phenoxy) is 2. The number of benzene rings is 2. The summed E-state index contributed by atoms with van der Waals surface area (Å²) in [6.45, 7) is 1.79. The molecule has 154 valence electrons. The summed E-state index contributed by atoms with van der Waals surface area (Å²) in [5.74, 6) is -2.20. The van der Waals surface area contributed by atoms with Crippen LogP contribution in [0.3, 0.4) is 0 Å². The van der Waals surface area contributed by atoms with Gasteiger partial charge in [-0.15, -0.1) is 0 Å². The number of carbonyl (C=O) groups excluding carboxylic acids is 3. The van der Waals surface area contributed by atoms with E-state index in [1.807, 2.05) is 0 Å². The molecule has 2 amide bonds. The first-order valence-electron chi connectivity index (χ1n) is 9.28. The number of hydrogen-bond acceptors (Lipinski definition) is 7. The molecule has 2 aliphatic heterocycles. The van der Waals surface area contributed by atoms with E-state index < -0.39 is 29.7 Å². The van der Waals surface area contributed by atoms with Gasteiger partial charge in [0.15, 0.2) is 5.71 Å². The number of nitrogens with zero attached hydrogens (tertiary/aromatic N) is 3. The second kappa shape index (κ2) is 7.79. The number of carbonyl (C=O) groups is 3. The molecule has 0 radical (unpaired) electrons. The molecule has 0 bridgehead atoms. The molecule has 2 aromatic rings. The van der Waals surface area contributed by atoms with Gasteiger partial charge in [0.25, 0.3) is 5.91 Å². The zero-order chi connectivity index (χ0) is 21.4. The Morgan fingerprint density at radius 3 is 2.27 bits per heavy atom. The molecule has 4 rings (SSSR count). The van der Waals surface area contributed by atoms with Crippen LogP contribution in [0.15, 0.2) is 53.6 Å². The van der Waals surface area contributed by atoms with E-state index in [2.05, 4.69) is 5.10 Å². The molecule has 0 spiro atoms. The van der Waals surface area contributed by atoms with Crippen molar-refractivity contribution in [2.75, 3.05) is 23.6 Å². The second-order valence-corrected chi connectivity index (χ2v) is 7.10. The van der Waals surface area contributed by atoms with Crippen LogP contribution in [0, 0.1) is 5.92 Å². The third-order valence-electron chi connectivity index (χ3n) is 4.96. The second-order valence-electron chi connectivity index (χ2n) is 6.66. The smallest absolute Gasteiger partial charge is 0.355 e. The van der Waals surface area contributed by atoms with E-state index in [9.17, 15) is 14.4 Å². The Morgan fingerprint density at radius 1 is 1.03 bits per heavy atom. The molecule has 2 atom stereocenters. The summed E-state index contributed by atoms with van der Waals surface area (Å²) < 4.78 is 10.2. The maximum atomic E-state index is 13.3. The zero-order valence-corrected chi connectivity index (χ0v) is 17.0. The normalized spacial score (nSPS) is 20.3. The van der Waals surface area contributed by atoms with Gasteiger partial charge in [-0.05, 0) is 55.5 Å².